The Bertz CT molecular complexity index is 808. The number of amides is 1. The summed E-state index contributed by atoms with van der Waals surface area (Å²) in [6, 6.07) is 4.79. The molecule has 1 amide bonds. The van der Waals surface area contributed by atoms with Crippen LogP contribution in [0.3, 0.4) is 0 Å². The molecule has 1 aliphatic heterocycles. The monoisotopic (exact) mass is 432 g/mol. The molecule has 152 valence electrons. The van der Waals surface area contributed by atoms with Crippen LogP contribution in [-0.2, 0) is 11.0 Å². The van der Waals surface area contributed by atoms with Crippen LogP contribution in [0.2, 0.25) is 5.02 Å². The predicted molar refractivity (Wildman–Crippen MR) is 104 cm³/mol. The molecule has 5 nitrogen and oxygen atoms in total. The molecule has 0 aromatic carbocycles. The van der Waals surface area contributed by atoms with Crippen molar-refractivity contribution in [2.24, 2.45) is 0 Å². The number of thiophene rings is 1. The van der Waals surface area contributed by atoms with Crippen LogP contribution in [-0.4, -0.2) is 48.5 Å². The maximum Gasteiger partial charge on any atom is 0.417 e. The molecule has 2 aromatic rings. The molecular weight excluding hydrogens is 413 g/mol. The highest BCUT2D eigenvalue weighted by Gasteiger charge is 2.32. The van der Waals surface area contributed by atoms with Crippen LogP contribution in [0.25, 0.3) is 0 Å². The van der Waals surface area contributed by atoms with Crippen molar-refractivity contribution in [3.63, 3.8) is 0 Å². The summed E-state index contributed by atoms with van der Waals surface area (Å²) in [5.74, 6) is 0.283. The maximum atomic E-state index is 12.7. The quantitative estimate of drug-likeness (QED) is 0.780. The van der Waals surface area contributed by atoms with E-state index in [0.29, 0.717) is 32.0 Å². The Balaban J connectivity index is 1.51. The molecule has 0 radical (unpaired) electrons. The van der Waals surface area contributed by atoms with E-state index < -0.39 is 11.7 Å². The van der Waals surface area contributed by atoms with Crippen molar-refractivity contribution >= 4 is 34.7 Å². The van der Waals surface area contributed by atoms with Gasteiger partial charge in [0.2, 0.25) is 5.91 Å². The summed E-state index contributed by atoms with van der Waals surface area (Å²) >= 11 is 7.61. The fraction of sp³-hybridized carbons (Fsp3) is 0.444. The van der Waals surface area contributed by atoms with Gasteiger partial charge < -0.3 is 10.2 Å². The van der Waals surface area contributed by atoms with Crippen LogP contribution in [0.15, 0.2) is 29.8 Å². The van der Waals surface area contributed by atoms with Gasteiger partial charge in [-0.2, -0.15) is 13.2 Å². The van der Waals surface area contributed by atoms with E-state index in [9.17, 15) is 18.0 Å². The molecule has 3 heterocycles. The van der Waals surface area contributed by atoms with Crippen molar-refractivity contribution in [2.45, 2.75) is 19.1 Å². The highest BCUT2D eigenvalue weighted by atomic mass is 35.5. The number of nitrogens with one attached hydrogen (secondary N) is 1. The molecule has 1 fully saturated rings. The molecule has 0 spiro atoms. The van der Waals surface area contributed by atoms with Gasteiger partial charge in [-0.05, 0) is 24.4 Å². The minimum atomic E-state index is -4.47. The summed E-state index contributed by atoms with van der Waals surface area (Å²) in [4.78, 5) is 21.1. The van der Waals surface area contributed by atoms with Gasteiger partial charge in [0.05, 0.1) is 23.2 Å². The van der Waals surface area contributed by atoms with Crippen molar-refractivity contribution in [3.05, 3.63) is 45.2 Å². The fourth-order valence-corrected chi connectivity index (χ4v) is 4.06. The number of halogens is 4. The topological polar surface area (TPSA) is 48.5 Å². The molecule has 1 N–H and O–H groups in total. The first-order valence-electron chi connectivity index (χ1n) is 8.77. The van der Waals surface area contributed by atoms with E-state index in [-0.39, 0.29) is 23.5 Å². The molecule has 2 aromatic heterocycles. The van der Waals surface area contributed by atoms with Crippen LogP contribution in [0, 0.1) is 0 Å². The first-order chi connectivity index (χ1) is 13.2. The number of aromatic nitrogens is 1. The Morgan fingerprint density at radius 2 is 2.07 bits per heavy atom. The Labute approximate surface area is 170 Å². The van der Waals surface area contributed by atoms with Gasteiger partial charge in [0.1, 0.15) is 5.82 Å². The molecule has 1 unspecified atom stereocenters. The summed E-state index contributed by atoms with van der Waals surface area (Å²) in [6.07, 6.45) is -3.67. The molecule has 1 atom stereocenters. The zero-order valence-electron chi connectivity index (χ0n) is 15.2. The SMILES string of the molecule is CC(NC(=O)CN1CCN(c2ncc(C(F)(F)F)cc2Cl)CC1)c1cccs1. The summed E-state index contributed by atoms with van der Waals surface area (Å²) in [6.45, 7) is 4.48. The third-order valence-electron chi connectivity index (χ3n) is 4.54. The van der Waals surface area contributed by atoms with E-state index in [2.05, 4.69) is 10.3 Å². The maximum absolute atomic E-state index is 12.7. The lowest BCUT2D eigenvalue weighted by molar-refractivity contribution is -0.137. The normalized spacial score (nSPS) is 16.8. The molecule has 3 rings (SSSR count). The summed E-state index contributed by atoms with van der Waals surface area (Å²) in [5, 5.41) is 4.93. The highest BCUT2D eigenvalue weighted by Crippen LogP contribution is 2.33. The smallest absolute Gasteiger partial charge is 0.353 e. The van der Waals surface area contributed by atoms with E-state index in [1.165, 1.54) is 0 Å². The molecule has 0 bridgehead atoms. The van der Waals surface area contributed by atoms with Crippen molar-refractivity contribution in [1.29, 1.82) is 0 Å². The number of carbonyl (C=O) groups excluding carboxylic acids is 1. The second-order valence-corrected chi connectivity index (χ2v) is 7.98. The van der Waals surface area contributed by atoms with Crippen LogP contribution >= 0.6 is 22.9 Å². The van der Waals surface area contributed by atoms with E-state index >= 15 is 0 Å². The number of pyridine rings is 1. The number of nitrogens with zero attached hydrogens (tertiary/aromatic N) is 3. The van der Waals surface area contributed by atoms with E-state index in [4.69, 9.17) is 11.6 Å². The van der Waals surface area contributed by atoms with Gasteiger partial charge >= 0.3 is 6.18 Å². The molecule has 0 aliphatic carbocycles. The summed E-state index contributed by atoms with van der Waals surface area (Å²) in [7, 11) is 0. The summed E-state index contributed by atoms with van der Waals surface area (Å²) < 4.78 is 38.2. The number of rotatable bonds is 5. The van der Waals surface area contributed by atoms with Gasteiger partial charge in [-0.1, -0.05) is 17.7 Å². The standard InChI is InChI=1S/C18H20ClF3N4OS/c1-12(15-3-2-8-28-15)24-16(27)11-25-4-6-26(7-5-25)17-14(19)9-13(10-23-17)18(20,21)22/h2-3,8-10,12H,4-7,11H2,1H3,(H,24,27). The summed E-state index contributed by atoms with van der Waals surface area (Å²) in [5.41, 5.74) is -0.864. The van der Waals surface area contributed by atoms with Crippen LogP contribution in [0.4, 0.5) is 19.0 Å². The number of carbonyl (C=O) groups is 1. The second kappa shape index (κ2) is 8.67. The molecule has 28 heavy (non-hydrogen) atoms. The van der Waals surface area contributed by atoms with Gasteiger partial charge in [0, 0.05) is 37.3 Å². The number of anilines is 1. The number of hydrogen-bond acceptors (Lipinski definition) is 5. The number of alkyl halides is 3. The van der Waals surface area contributed by atoms with Gasteiger partial charge in [-0.3, -0.25) is 9.69 Å². The van der Waals surface area contributed by atoms with Crippen molar-refractivity contribution in [2.75, 3.05) is 37.6 Å². The molecule has 0 saturated carbocycles. The molecular formula is C18H20ClF3N4OS. The van der Waals surface area contributed by atoms with E-state index in [0.717, 1.165) is 17.1 Å². The van der Waals surface area contributed by atoms with Gasteiger partial charge in [-0.15, -0.1) is 11.3 Å². The van der Waals surface area contributed by atoms with Crippen LogP contribution < -0.4 is 10.2 Å². The van der Waals surface area contributed by atoms with Crippen molar-refractivity contribution in [3.8, 4) is 0 Å². The Morgan fingerprint density at radius 3 is 2.64 bits per heavy atom. The lowest BCUT2D eigenvalue weighted by atomic mass is 10.2. The van der Waals surface area contributed by atoms with Crippen molar-refractivity contribution in [1.82, 2.24) is 15.2 Å². The predicted octanol–water partition coefficient (Wildman–Crippen LogP) is 3.81. The molecule has 1 saturated heterocycles. The van der Waals surface area contributed by atoms with Crippen molar-refractivity contribution < 1.29 is 18.0 Å². The van der Waals surface area contributed by atoms with E-state index in [1.54, 1.807) is 11.3 Å². The average Bonchev–Trinajstić information content (AvgIpc) is 3.16. The minimum absolute atomic E-state index is 0.0224. The third kappa shape index (κ3) is 5.15. The Morgan fingerprint density at radius 1 is 1.36 bits per heavy atom. The van der Waals surface area contributed by atoms with Gasteiger partial charge in [-0.25, -0.2) is 4.98 Å². The minimum Gasteiger partial charge on any atom is -0.353 e. The van der Waals surface area contributed by atoms with Crippen LogP contribution in [0.5, 0.6) is 0 Å². The lowest BCUT2D eigenvalue weighted by Gasteiger charge is -2.35. The first-order valence-corrected chi connectivity index (χ1v) is 10.0. The number of hydrogen-bond donors (Lipinski definition) is 1. The largest absolute Gasteiger partial charge is 0.417 e. The zero-order valence-corrected chi connectivity index (χ0v) is 16.7. The van der Waals surface area contributed by atoms with Gasteiger partial charge in [0.15, 0.2) is 0 Å². The van der Waals surface area contributed by atoms with Gasteiger partial charge in [0.25, 0.3) is 0 Å². The lowest BCUT2D eigenvalue weighted by Crippen LogP contribution is -2.50. The van der Waals surface area contributed by atoms with E-state index in [1.807, 2.05) is 34.2 Å². The zero-order chi connectivity index (χ0) is 20.3. The third-order valence-corrected chi connectivity index (χ3v) is 5.87. The Hall–Kier alpha value is -1.84. The first kappa shape index (κ1) is 20.9. The fourth-order valence-electron chi connectivity index (χ4n) is 3.04. The molecule has 1 aliphatic rings. The second-order valence-electron chi connectivity index (χ2n) is 6.59. The Kier molecular flexibility index (Phi) is 6.47. The number of piperazine rings is 1. The van der Waals surface area contributed by atoms with Crippen LogP contribution in [0.1, 0.15) is 23.4 Å². The highest BCUT2D eigenvalue weighted by molar-refractivity contribution is 7.10. The molecule has 10 heteroatoms. The average molecular weight is 433 g/mol.